The molecule has 0 rings (SSSR count). The first kappa shape index (κ1) is 15.4. The Hall–Kier alpha value is -0.610. The SMILES string of the molecule is CCCCC(CC)C(=O)NCCOCCO. The Morgan fingerprint density at radius 3 is 2.69 bits per heavy atom. The second-order valence-corrected chi connectivity index (χ2v) is 3.87. The number of carbonyl (C=O) groups excluding carboxylic acids is 1. The minimum absolute atomic E-state index is 0.0298. The number of rotatable bonds is 10. The Balaban J connectivity index is 3.58. The first-order chi connectivity index (χ1) is 7.76. The van der Waals surface area contributed by atoms with Crippen LogP contribution in [0.15, 0.2) is 0 Å². The van der Waals surface area contributed by atoms with Gasteiger partial charge in [0.2, 0.25) is 5.91 Å². The maximum absolute atomic E-state index is 11.7. The van der Waals surface area contributed by atoms with Crippen molar-refractivity contribution < 1.29 is 14.6 Å². The molecule has 0 aliphatic carbocycles. The molecule has 96 valence electrons. The summed E-state index contributed by atoms with van der Waals surface area (Å²) in [6, 6.07) is 0. The Morgan fingerprint density at radius 1 is 1.38 bits per heavy atom. The minimum Gasteiger partial charge on any atom is -0.394 e. The predicted octanol–water partition coefficient (Wildman–Crippen LogP) is 1.33. The van der Waals surface area contributed by atoms with Crippen LogP contribution in [0.4, 0.5) is 0 Å². The zero-order chi connectivity index (χ0) is 12.2. The van der Waals surface area contributed by atoms with E-state index in [-0.39, 0.29) is 18.4 Å². The highest BCUT2D eigenvalue weighted by Gasteiger charge is 2.14. The van der Waals surface area contributed by atoms with Crippen molar-refractivity contribution in [2.75, 3.05) is 26.4 Å². The van der Waals surface area contributed by atoms with Gasteiger partial charge in [0.25, 0.3) is 0 Å². The van der Waals surface area contributed by atoms with E-state index in [9.17, 15) is 4.79 Å². The number of carbonyl (C=O) groups is 1. The molecule has 1 amide bonds. The van der Waals surface area contributed by atoms with Gasteiger partial charge in [0, 0.05) is 12.5 Å². The lowest BCUT2D eigenvalue weighted by molar-refractivity contribution is -0.125. The van der Waals surface area contributed by atoms with Gasteiger partial charge >= 0.3 is 0 Å². The predicted molar refractivity (Wildman–Crippen MR) is 64.2 cm³/mol. The molecule has 0 saturated heterocycles. The van der Waals surface area contributed by atoms with E-state index in [0.717, 1.165) is 25.7 Å². The fourth-order valence-corrected chi connectivity index (χ4v) is 1.53. The third kappa shape index (κ3) is 7.65. The van der Waals surface area contributed by atoms with E-state index in [0.29, 0.717) is 19.8 Å². The van der Waals surface area contributed by atoms with Crippen LogP contribution in [-0.4, -0.2) is 37.4 Å². The smallest absolute Gasteiger partial charge is 0.223 e. The Bertz CT molecular complexity index is 174. The number of nitrogens with one attached hydrogen (secondary N) is 1. The van der Waals surface area contributed by atoms with Crippen molar-refractivity contribution in [3.8, 4) is 0 Å². The van der Waals surface area contributed by atoms with Crippen molar-refractivity contribution >= 4 is 5.91 Å². The van der Waals surface area contributed by atoms with E-state index in [2.05, 4.69) is 12.2 Å². The molecule has 4 nitrogen and oxygen atoms in total. The fraction of sp³-hybridized carbons (Fsp3) is 0.917. The van der Waals surface area contributed by atoms with Gasteiger partial charge in [0.1, 0.15) is 0 Å². The Morgan fingerprint density at radius 2 is 2.12 bits per heavy atom. The number of ether oxygens (including phenoxy) is 1. The van der Waals surface area contributed by atoms with Gasteiger partial charge in [-0.1, -0.05) is 26.7 Å². The average Bonchev–Trinajstić information content (AvgIpc) is 2.30. The number of amides is 1. The summed E-state index contributed by atoms with van der Waals surface area (Å²) in [5, 5.41) is 11.3. The van der Waals surface area contributed by atoms with E-state index >= 15 is 0 Å². The van der Waals surface area contributed by atoms with Gasteiger partial charge in [-0.2, -0.15) is 0 Å². The monoisotopic (exact) mass is 231 g/mol. The number of hydrogen-bond donors (Lipinski definition) is 2. The fourth-order valence-electron chi connectivity index (χ4n) is 1.53. The first-order valence-electron chi connectivity index (χ1n) is 6.22. The third-order valence-electron chi connectivity index (χ3n) is 2.55. The van der Waals surface area contributed by atoms with Crippen LogP contribution in [0.1, 0.15) is 39.5 Å². The van der Waals surface area contributed by atoms with Crippen LogP contribution in [0.2, 0.25) is 0 Å². The summed E-state index contributed by atoms with van der Waals surface area (Å²) < 4.78 is 5.06. The van der Waals surface area contributed by atoms with Crippen LogP contribution in [0, 0.1) is 5.92 Å². The Labute approximate surface area is 98.4 Å². The average molecular weight is 231 g/mol. The highest BCUT2D eigenvalue weighted by molar-refractivity contribution is 5.78. The molecule has 1 unspecified atom stereocenters. The number of hydrogen-bond acceptors (Lipinski definition) is 3. The van der Waals surface area contributed by atoms with Crippen LogP contribution >= 0.6 is 0 Å². The number of unbranched alkanes of at least 4 members (excludes halogenated alkanes) is 1. The third-order valence-corrected chi connectivity index (χ3v) is 2.55. The summed E-state index contributed by atoms with van der Waals surface area (Å²) in [5.74, 6) is 0.265. The van der Waals surface area contributed by atoms with Crippen LogP contribution < -0.4 is 5.32 Å². The van der Waals surface area contributed by atoms with Gasteiger partial charge < -0.3 is 15.2 Å². The van der Waals surface area contributed by atoms with E-state index in [4.69, 9.17) is 9.84 Å². The van der Waals surface area contributed by atoms with Crippen LogP contribution in [0.25, 0.3) is 0 Å². The molecule has 0 aliphatic rings. The van der Waals surface area contributed by atoms with Crippen molar-refractivity contribution in [1.29, 1.82) is 0 Å². The van der Waals surface area contributed by atoms with Gasteiger partial charge in [-0.25, -0.2) is 0 Å². The second-order valence-electron chi connectivity index (χ2n) is 3.87. The van der Waals surface area contributed by atoms with Crippen molar-refractivity contribution in [2.45, 2.75) is 39.5 Å². The normalized spacial score (nSPS) is 12.4. The molecule has 0 aromatic heterocycles. The minimum atomic E-state index is 0.0298. The molecule has 2 N–H and O–H groups in total. The second kappa shape index (κ2) is 10.9. The first-order valence-corrected chi connectivity index (χ1v) is 6.22. The maximum atomic E-state index is 11.7. The standard InChI is InChI=1S/C12H25NO3/c1-3-5-6-11(4-2)12(15)13-7-9-16-10-8-14/h11,14H,3-10H2,1-2H3,(H,13,15). The van der Waals surface area contributed by atoms with Gasteiger partial charge in [-0.15, -0.1) is 0 Å². The van der Waals surface area contributed by atoms with E-state index in [1.54, 1.807) is 0 Å². The number of aliphatic hydroxyl groups is 1. The van der Waals surface area contributed by atoms with Crippen molar-refractivity contribution in [3.05, 3.63) is 0 Å². The molecule has 0 bridgehead atoms. The zero-order valence-corrected chi connectivity index (χ0v) is 10.5. The maximum Gasteiger partial charge on any atom is 0.223 e. The molecule has 16 heavy (non-hydrogen) atoms. The van der Waals surface area contributed by atoms with Crippen LogP contribution in [-0.2, 0) is 9.53 Å². The summed E-state index contributed by atoms with van der Waals surface area (Å²) in [4.78, 5) is 11.7. The number of aliphatic hydroxyl groups excluding tert-OH is 1. The molecule has 0 aromatic carbocycles. The van der Waals surface area contributed by atoms with E-state index in [1.165, 1.54) is 0 Å². The lowest BCUT2D eigenvalue weighted by Crippen LogP contribution is -2.33. The molecule has 1 atom stereocenters. The molecule has 0 heterocycles. The molecular weight excluding hydrogens is 206 g/mol. The molecular formula is C12H25NO3. The lowest BCUT2D eigenvalue weighted by Gasteiger charge is -2.14. The van der Waals surface area contributed by atoms with Crippen molar-refractivity contribution in [3.63, 3.8) is 0 Å². The zero-order valence-electron chi connectivity index (χ0n) is 10.5. The van der Waals surface area contributed by atoms with Gasteiger partial charge in [-0.05, 0) is 12.8 Å². The summed E-state index contributed by atoms with van der Waals surface area (Å²) >= 11 is 0. The molecule has 4 heteroatoms. The summed E-state index contributed by atoms with van der Waals surface area (Å²) in [6.45, 7) is 5.54. The van der Waals surface area contributed by atoms with Crippen LogP contribution in [0.3, 0.4) is 0 Å². The van der Waals surface area contributed by atoms with Gasteiger partial charge in [-0.3, -0.25) is 4.79 Å². The largest absolute Gasteiger partial charge is 0.394 e. The molecule has 0 aromatic rings. The molecule has 0 fully saturated rings. The van der Waals surface area contributed by atoms with Crippen molar-refractivity contribution in [2.24, 2.45) is 5.92 Å². The lowest BCUT2D eigenvalue weighted by atomic mass is 9.98. The Kier molecular flexibility index (Phi) is 10.5. The highest BCUT2D eigenvalue weighted by Crippen LogP contribution is 2.12. The van der Waals surface area contributed by atoms with E-state index < -0.39 is 0 Å². The molecule has 0 aliphatic heterocycles. The molecule has 0 spiro atoms. The summed E-state index contributed by atoms with van der Waals surface area (Å²) in [5.41, 5.74) is 0. The quantitative estimate of drug-likeness (QED) is 0.558. The van der Waals surface area contributed by atoms with Crippen LogP contribution in [0.5, 0.6) is 0 Å². The summed E-state index contributed by atoms with van der Waals surface area (Å²) in [7, 11) is 0. The molecule has 0 radical (unpaired) electrons. The topological polar surface area (TPSA) is 58.6 Å². The summed E-state index contributed by atoms with van der Waals surface area (Å²) in [6.07, 6.45) is 4.09. The highest BCUT2D eigenvalue weighted by atomic mass is 16.5. The van der Waals surface area contributed by atoms with Gasteiger partial charge in [0.15, 0.2) is 0 Å². The van der Waals surface area contributed by atoms with Gasteiger partial charge in [0.05, 0.1) is 19.8 Å². The molecule has 0 saturated carbocycles. The van der Waals surface area contributed by atoms with E-state index in [1.807, 2.05) is 6.92 Å². The van der Waals surface area contributed by atoms with Crippen molar-refractivity contribution in [1.82, 2.24) is 5.32 Å².